The Labute approximate surface area is 125 Å². The molecule has 2 fully saturated rings. The normalized spacial score (nSPS) is 20.2. The van der Waals surface area contributed by atoms with Crippen molar-refractivity contribution in [2.45, 2.75) is 50.5 Å². The lowest BCUT2D eigenvalue weighted by Gasteiger charge is -2.31. The Hall–Kier alpha value is -1.30. The van der Waals surface area contributed by atoms with Crippen molar-refractivity contribution < 1.29 is 19.4 Å². The van der Waals surface area contributed by atoms with E-state index in [1.807, 2.05) is 0 Å². The molecule has 0 aromatic rings. The molecule has 2 aliphatic rings. The van der Waals surface area contributed by atoms with Crippen LogP contribution < -0.4 is 5.32 Å². The first-order chi connectivity index (χ1) is 10.0. The van der Waals surface area contributed by atoms with E-state index in [2.05, 4.69) is 5.32 Å². The van der Waals surface area contributed by atoms with E-state index in [-0.39, 0.29) is 12.5 Å². The van der Waals surface area contributed by atoms with Gasteiger partial charge in [0.2, 0.25) is 0 Å². The Balaban J connectivity index is 1.73. The standard InChI is InChI=1S/C15H26N2O4/c1-17(8-9-21-11-12-4-5-12)14(20)16-15(10-13(18)19)6-2-3-7-15/h12H,2-11H2,1H3,(H,16,20)(H,18,19). The maximum atomic E-state index is 12.2. The molecule has 0 aromatic carbocycles. The molecule has 21 heavy (non-hydrogen) atoms. The third-order valence-corrected chi connectivity index (χ3v) is 4.39. The largest absolute Gasteiger partial charge is 0.481 e. The van der Waals surface area contributed by atoms with Crippen molar-refractivity contribution in [2.75, 3.05) is 26.8 Å². The lowest BCUT2D eigenvalue weighted by atomic mass is 9.93. The molecule has 0 heterocycles. The van der Waals surface area contributed by atoms with Crippen LogP contribution in [0, 0.1) is 5.92 Å². The fourth-order valence-electron chi connectivity index (χ4n) is 2.85. The van der Waals surface area contributed by atoms with Crippen molar-refractivity contribution in [1.82, 2.24) is 10.2 Å². The number of carbonyl (C=O) groups is 2. The van der Waals surface area contributed by atoms with E-state index in [1.54, 1.807) is 11.9 Å². The van der Waals surface area contributed by atoms with Crippen LogP contribution in [0.5, 0.6) is 0 Å². The van der Waals surface area contributed by atoms with Crippen molar-refractivity contribution in [1.29, 1.82) is 0 Å². The number of ether oxygens (including phenoxy) is 1. The van der Waals surface area contributed by atoms with Crippen LogP contribution in [0.1, 0.15) is 44.9 Å². The molecule has 0 atom stereocenters. The zero-order chi connectivity index (χ0) is 15.3. The average Bonchev–Trinajstić information content (AvgIpc) is 3.14. The van der Waals surface area contributed by atoms with Crippen LogP contribution in [-0.4, -0.2) is 54.4 Å². The Morgan fingerprint density at radius 2 is 2.00 bits per heavy atom. The number of likely N-dealkylation sites (N-methyl/N-ethyl adjacent to an activating group) is 1. The Bertz CT molecular complexity index is 376. The van der Waals surface area contributed by atoms with Gasteiger partial charge in [-0.25, -0.2) is 4.79 Å². The lowest BCUT2D eigenvalue weighted by Crippen LogP contribution is -2.52. The summed E-state index contributed by atoms with van der Waals surface area (Å²) in [4.78, 5) is 24.8. The van der Waals surface area contributed by atoms with Crippen molar-refractivity contribution in [2.24, 2.45) is 5.92 Å². The first-order valence-electron chi connectivity index (χ1n) is 7.84. The van der Waals surface area contributed by atoms with E-state index >= 15 is 0 Å². The zero-order valence-electron chi connectivity index (χ0n) is 12.8. The summed E-state index contributed by atoms with van der Waals surface area (Å²) in [6.45, 7) is 1.85. The van der Waals surface area contributed by atoms with Crippen molar-refractivity contribution in [3.63, 3.8) is 0 Å². The van der Waals surface area contributed by atoms with E-state index in [4.69, 9.17) is 9.84 Å². The molecular formula is C15H26N2O4. The van der Waals surface area contributed by atoms with Crippen LogP contribution >= 0.6 is 0 Å². The molecule has 0 bridgehead atoms. The number of nitrogens with zero attached hydrogens (tertiary/aromatic N) is 1. The number of hydrogen-bond donors (Lipinski definition) is 2. The number of rotatable bonds is 8. The summed E-state index contributed by atoms with van der Waals surface area (Å²) in [6, 6.07) is -0.201. The number of carbonyl (C=O) groups excluding carboxylic acids is 1. The number of nitrogens with one attached hydrogen (secondary N) is 1. The topological polar surface area (TPSA) is 78.9 Å². The summed E-state index contributed by atoms with van der Waals surface area (Å²) >= 11 is 0. The van der Waals surface area contributed by atoms with Crippen LogP contribution in [0.15, 0.2) is 0 Å². The third kappa shape index (κ3) is 5.19. The molecular weight excluding hydrogens is 272 g/mol. The lowest BCUT2D eigenvalue weighted by molar-refractivity contribution is -0.138. The Morgan fingerprint density at radius 1 is 1.33 bits per heavy atom. The highest BCUT2D eigenvalue weighted by Gasteiger charge is 2.38. The molecule has 6 nitrogen and oxygen atoms in total. The van der Waals surface area contributed by atoms with Gasteiger partial charge in [0, 0.05) is 20.2 Å². The van der Waals surface area contributed by atoms with E-state index in [1.165, 1.54) is 12.8 Å². The first kappa shape index (κ1) is 16.1. The van der Waals surface area contributed by atoms with Gasteiger partial charge < -0.3 is 20.1 Å². The van der Waals surface area contributed by atoms with Crippen LogP contribution in [0.4, 0.5) is 4.79 Å². The molecule has 0 unspecified atom stereocenters. The minimum Gasteiger partial charge on any atom is -0.481 e. The summed E-state index contributed by atoms with van der Waals surface area (Å²) < 4.78 is 5.52. The van der Waals surface area contributed by atoms with E-state index < -0.39 is 11.5 Å². The highest BCUT2D eigenvalue weighted by molar-refractivity contribution is 5.76. The number of hydrogen-bond acceptors (Lipinski definition) is 3. The molecule has 2 N–H and O–H groups in total. The average molecular weight is 298 g/mol. The van der Waals surface area contributed by atoms with Gasteiger partial charge in [-0.3, -0.25) is 4.79 Å². The van der Waals surface area contributed by atoms with Crippen LogP contribution in [0.2, 0.25) is 0 Å². The second kappa shape index (κ2) is 7.11. The molecule has 2 rings (SSSR count). The highest BCUT2D eigenvalue weighted by atomic mass is 16.5. The van der Waals surface area contributed by atoms with Gasteiger partial charge in [-0.15, -0.1) is 0 Å². The van der Waals surface area contributed by atoms with Gasteiger partial charge in [0.05, 0.1) is 18.6 Å². The minimum atomic E-state index is -0.854. The molecule has 0 aromatic heterocycles. The van der Waals surface area contributed by atoms with E-state index in [0.29, 0.717) is 13.2 Å². The fraction of sp³-hybridized carbons (Fsp3) is 0.867. The van der Waals surface area contributed by atoms with E-state index in [0.717, 1.165) is 38.2 Å². The molecule has 0 saturated heterocycles. The number of aliphatic carboxylic acids is 1. The molecule has 2 saturated carbocycles. The Kier molecular flexibility index (Phi) is 5.45. The molecule has 2 amide bonds. The van der Waals surface area contributed by atoms with Gasteiger partial charge >= 0.3 is 12.0 Å². The number of amides is 2. The smallest absolute Gasteiger partial charge is 0.317 e. The van der Waals surface area contributed by atoms with Crippen molar-refractivity contribution in [3.8, 4) is 0 Å². The van der Waals surface area contributed by atoms with Crippen LogP contribution in [0.25, 0.3) is 0 Å². The predicted molar refractivity (Wildman–Crippen MR) is 78.2 cm³/mol. The molecule has 120 valence electrons. The highest BCUT2D eigenvalue weighted by Crippen LogP contribution is 2.32. The monoisotopic (exact) mass is 298 g/mol. The molecule has 0 spiro atoms. The summed E-state index contributed by atoms with van der Waals surface area (Å²) in [7, 11) is 1.72. The van der Waals surface area contributed by atoms with Crippen molar-refractivity contribution in [3.05, 3.63) is 0 Å². The fourth-order valence-corrected chi connectivity index (χ4v) is 2.85. The van der Waals surface area contributed by atoms with Crippen LogP contribution in [0.3, 0.4) is 0 Å². The zero-order valence-corrected chi connectivity index (χ0v) is 12.8. The summed E-state index contributed by atoms with van der Waals surface area (Å²) in [5.41, 5.74) is -0.563. The van der Waals surface area contributed by atoms with Crippen molar-refractivity contribution >= 4 is 12.0 Å². The quantitative estimate of drug-likeness (QED) is 0.670. The van der Waals surface area contributed by atoms with Crippen LogP contribution in [-0.2, 0) is 9.53 Å². The first-order valence-corrected chi connectivity index (χ1v) is 7.84. The van der Waals surface area contributed by atoms with Gasteiger partial charge in [0.15, 0.2) is 0 Å². The summed E-state index contributed by atoms with van der Waals surface area (Å²) in [5, 5.41) is 12.0. The van der Waals surface area contributed by atoms with Gasteiger partial charge in [-0.2, -0.15) is 0 Å². The molecule has 2 aliphatic carbocycles. The molecule has 6 heteroatoms. The van der Waals surface area contributed by atoms with Gasteiger partial charge in [0.1, 0.15) is 0 Å². The summed E-state index contributed by atoms with van der Waals surface area (Å²) in [6.07, 6.45) is 5.96. The number of carboxylic acid groups (broad SMARTS) is 1. The van der Waals surface area contributed by atoms with E-state index in [9.17, 15) is 9.59 Å². The van der Waals surface area contributed by atoms with Gasteiger partial charge in [-0.05, 0) is 31.6 Å². The third-order valence-electron chi connectivity index (χ3n) is 4.39. The minimum absolute atomic E-state index is 0.00472. The van der Waals surface area contributed by atoms with Gasteiger partial charge in [0.25, 0.3) is 0 Å². The maximum Gasteiger partial charge on any atom is 0.317 e. The second-order valence-corrected chi connectivity index (χ2v) is 6.43. The maximum absolute atomic E-state index is 12.2. The van der Waals surface area contributed by atoms with Gasteiger partial charge in [-0.1, -0.05) is 12.8 Å². The summed E-state index contributed by atoms with van der Waals surface area (Å²) in [5.74, 6) is -0.130. The predicted octanol–water partition coefficient (Wildman–Crippen LogP) is 1.84. The number of carboxylic acids is 1. The second-order valence-electron chi connectivity index (χ2n) is 6.43. The number of urea groups is 1. The molecule has 0 aliphatic heterocycles. The SMILES string of the molecule is CN(CCOCC1CC1)C(=O)NC1(CC(=O)O)CCCC1. The molecule has 0 radical (unpaired) electrons. The Morgan fingerprint density at radius 3 is 2.57 bits per heavy atom.